The maximum absolute atomic E-state index is 11.3. The monoisotopic (exact) mass is 221 g/mol. The Morgan fingerprint density at radius 1 is 1.44 bits per heavy atom. The highest BCUT2D eigenvalue weighted by Gasteiger charge is 2.15. The van der Waals surface area contributed by atoms with Crippen LogP contribution in [0.3, 0.4) is 0 Å². The molecule has 0 aliphatic carbocycles. The van der Waals surface area contributed by atoms with Gasteiger partial charge in [-0.1, -0.05) is 18.2 Å². The highest BCUT2D eigenvalue weighted by Crippen LogP contribution is 2.12. The van der Waals surface area contributed by atoms with E-state index in [0.717, 1.165) is 12.2 Å². The number of hydrogen-bond acceptors (Lipinski definition) is 3. The summed E-state index contributed by atoms with van der Waals surface area (Å²) in [5.74, 6) is -0.130. The Balaban J connectivity index is 2.66. The number of nitrogens with zero attached hydrogens (tertiary/aromatic N) is 1. The Morgan fingerprint density at radius 3 is 2.56 bits per heavy atom. The van der Waals surface area contributed by atoms with E-state index in [1.165, 1.54) is 0 Å². The van der Waals surface area contributed by atoms with Gasteiger partial charge in [-0.2, -0.15) is 0 Å². The Morgan fingerprint density at radius 2 is 2.06 bits per heavy atom. The summed E-state index contributed by atoms with van der Waals surface area (Å²) < 4.78 is 0. The van der Waals surface area contributed by atoms with Crippen molar-refractivity contribution in [3.63, 3.8) is 0 Å². The number of likely N-dealkylation sites (N-methyl/N-ethyl adjacent to an activating group) is 2. The van der Waals surface area contributed by atoms with Gasteiger partial charge in [0.1, 0.15) is 6.04 Å². The number of amides is 1. The van der Waals surface area contributed by atoms with Crippen molar-refractivity contribution in [2.75, 3.05) is 25.0 Å². The molecule has 0 fully saturated rings. The van der Waals surface area contributed by atoms with Crippen LogP contribution in [-0.4, -0.2) is 32.1 Å². The highest BCUT2D eigenvalue weighted by atomic mass is 16.2. The van der Waals surface area contributed by atoms with Crippen molar-refractivity contribution >= 4 is 11.6 Å². The van der Waals surface area contributed by atoms with Gasteiger partial charge in [0.25, 0.3) is 0 Å². The van der Waals surface area contributed by atoms with Crippen LogP contribution in [0.1, 0.15) is 6.92 Å². The maximum Gasteiger partial charge on any atom is 0.238 e. The van der Waals surface area contributed by atoms with Gasteiger partial charge in [-0.15, -0.1) is 0 Å². The summed E-state index contributed by atoms with van der Waals surface area (Å²) in [6.07, 6.45) is 0. The average Bonchev–Trinajstić information content (AvgIpc) is 2.35. The van der Waals surface area contributed by atoms with Gasteiger partial charge in [-0.05, 0) is 19.1 Å². The molecule has 0 spiro atoms. The fraction of sp³-hybridized carbons (Fsp3) is 0.417. The molecular weight excluding hydrogens is 202 g/mol. The number of hydrogen-bond donors (Lipinski definition) is 2. The van der Waals surface area contributed by atoms with Crippen molar-refractivity contribution in [3.05, 3.63) is 30.3 Å². The van der Waals surface area contributed by atoms with Gasteiger partial charge in [-0.3, -0.25) is 4.79 Å². The van der Waals surface area contributed by atoms with Crippen LogP contribution in [0.5, 0.6) is 0 Å². The predicted molar refractivity (Wildman–Crippen MR) is 66.4 cm³/mol. The van der Waals surface area contributed by atoms with Crippen molar-refractivity contribution in [3.8, 4) is 0 Å². The molecule has 0 radical (unpaired) electrons. The first-order valence-corrected chi connectivity index (χ1v) is 5.46. The number of carbonyl (C=O) groups is 1. The summed E-state index contributed by atoms with van der Waals surface area (Å²) in [6, 6.07) is 9.45. The third kappa shape index (κ3) is 3.24. The van der Waals surface area contributed by atoms with E-state index >= 15 is 0 Å². The van der Waals surface area contributed by atoms with E-state index in [4.69, 9.17) is 5.73 Å². The van der Waals surface area contributed by atoms with Crippen LogP contribution in [0.15, 0.2) is 30.3 Å². The molecule has 1 unspecified atom stereocenters. The van der Waals surface area contributed by atoms with Gasteiger partial charge >= 0.3 is 0 Å². The zero-order valence-corrected chi connectivity index (χ0v) is 9.81. The van der Waals surface area contributed by atoms with Crippen LogP contribution in [-0.2, 0) is 4.79 Å². The molecule has 16 heavy (non-hydrogen) atoms. The van der Waals surface area contributed by atoms with Crippen LogP contribution in [0, 0.1) is 0 Å². The first-order valence-electron chi connectivity index (χ1n) is 5.46. The van der Waals surface area contributed by atoms with Crippen molar-refractivity contribution in [1.29, 1.82) is 0 Å². The largest absolute Gasteiger partial charge is 0.370 e. The molecule has 0 saturated carbocycles. The van der Waals surface area contributed by atoms with Crippen LogP contribution in [0.2, 0.25) is 0 Å². The second-order valence-corrected chi connectivity index (χ2v) is 3.59. The zero-order chi connectivity index (χ0) is 12.0. The lowest BCUT2D eigenvalue weighted by Gasteiger charge is -2.25. The van der Waals surface area contributed by atoms with Gasteiger partial charge in [0.2, 0.25) is 5.91 Å². The fourth-order valence-corrected chi connectivity index (χ4v) is 1.56. The minimum atomic E-state index is -0.495. The number of anilines is 1. The topological polar surface area (TPSA) is 58.4 Å². The van der Waals surface area contributed by atoms with Crippen molar-refractivity contribution < 1.29 is 4.79 Å². The Hall–Kier alpha value is -1.55. The van der Waals surface area contributed by atoms with Crippen LogP contribution in [0.25, 0.3) is 0 Å². The van der Waals surface area contributed by atoms with Crippen LogP contribution >= 0.6 is 0 Å². The summed E-state index contributed by atoms with van der Waals surface area (Å²) in [7, 11) is 1.60. The quantitative estimate of drug-likeness (QED) is 0.765. The minimum Gasteiger partial charge on any atom is -0.370 e. The van der Waals surface area contributed by atoms with E-state index in [-0.39, 0.29) is 5.91 Å². The lowest BCUT2D eigenvalue weighted by Crippen LogP contribution is -2.47. The second-order valence-electron chi connectivity index (χ2n) is 3.59. The lowest BCUT2D eigenvalue weighted by molar-refractivity contribution is -0.121. The first kappa shape index (κ1) is 12.5. The third-order valence-electron chi connectivity index (χ3n) is 2.50. The molecule has 1 aromatic rings. The van der Waals surface area contributed by atoms with Crippen LogP contribution < -0.4 is 16.0 Å². The normalized spacial score (nSPS) is 11.9. The molecule has 1 amide bonds. The van der Waals surface area contributed by atoms with E-state index < -0.39 is 6.04 Å². The number of nitrogens with one attached hydrogen (secondary N) is 1. The number of benzene rings is 1. The van der Waals surface area contributed by atoms with Gasteiger partial charge in [-0.25, -0.2) is 0 Å². The summed E-state index contributed by atoms with van der Waals surface area (Å²) >= 11 is 0. The molecular formula is C12H19N3O. The third-order valence-corrected chi connectivity index (χ3v) is 2.50. The fourth-order valence-electron chi connectivity index (χ4n) is 1.56. The standard InChI is InChI=1S/C12H19N3O/c1-3-15(9-11(13)12(16)14-2)10-7-5-4-6-8-10/h4-8,11H,3,9,13H2,1-2H3,(H,14,16). The molecule has 0 saturated heterocycles. The molecule has 1 aromatic carbocycles. The molecule has 4 heteroatoms. The zero-order valence-electron chi connectivity index (χ0n) is 9.81. The van der Waals surface area contributed by atoms with E-state index in [1.54, 1.807) is 7.05 Å². The minimum absolute atomic E-state index is 0.130. The van der Waals surface area contributed by atoms with E-state index in [2.05, 4.69) is 10.2 Å². The highest BCUT2D eigenvalue weighted by molar-refractivity contribution is 5.81. The Bertz CT molecular complexity index is 326. The van der Waals surface area contributed by atoms with Crippen molar-refractivity contribution in [2.45, 2.75) is 13.0 Å². The van der Waals surface area contributed by atoms with E-state index in [0.29, 0.717) is 6.54 Å². The number of nitrogens with two attached hydrogens (primary N) is 1. The smallest absolute Gasteiger partial charge is 0.238 e. The molecule has 0 heterocycles. The summed E-state index contributed by atoms with van der Waals surface area (Å²) in [5.41, 5.74) is 6.88. The molecule has 4 nitrogen and oxygen atoms in total. The van der Waals surface area contributed by atoms with Crippen molar-refractivity contribution in [1.82, 2.24) is 5.32 Å². The number of carbonyl (C=O) groups excluding carboxylic acids is 1. The van der Waals surface area contributed by atoms with E-state index in [1.807, 2.05) is 37.3 Å². The average molecular weight is 221 g/mol. The molecule has 0 aliphatic heterocycles. The van der Waals surface area contributed by atoms with Crippen LogP contribution in [0.4, 0.5) is 5.69 Å². The maximum atomic E-state index is 11.3. The molecule has 1 atom stereocenters. The molecule has 3 N–H and O–H groups in total. The summed E-state index contributed by atoms with van der Waals surface area (Å²) in [4.78, 5) is 13.4. The van der Waals surface area contributed by atoms with Crippen molar-refractivity contribution in [2.24, 2.45) is 5.73 Å². The lowest BCUT2D eigenvalue weighted by atomic mass is 10.2. The number of para-hydroxylation sites is 1. The van der Waals surface area contributed by atoms with Gasteiger partial charge in [0.05, 0.1) is 0 Å². The summed E-state index contributed by atoms with van der Waals surface area (Å²) in [6.45, 7) is 3.40. The first-order chi connectivity index (χ1) is 7.69. The molecule has 0 bridgehead atoms. The van der Waals surface area contributed by atoms with Gasteiger partial charge in [0.15, 0.2) is 0 Å². The second kappa shape index (κ2) is 6.12. The SMILES string of the molecule is CCN(CC(N)C(=O)NC)c1ccccc1. The molecule has 0 aromatic heterocycles. The summed E-state index contributed by atoms with van der Waals surface area (Å²) in [5, 5.41) is 2.56. The Kier molecular flexibility index (Phi) is 4.79. The van der Waals surface area contributed by atoms with Gasteiger partial charge < -0.3 is 16.0 Å². The molecule has 88 valence electrons. The van der Waals surface area contributed by atoms with Gasteiger partial charge in [0, 0.05) is 25.8 Å². The Labute approximate surface area is 96.4 Å². The number of rotatable bonds is 5. The van der Waals surface area contributed by atoms with E-state index in [9.17, 15) is 4.79 Å². The predicted octanol–water partition coefficient (Wildman–Crippen LogP) is 0.586. The molecule has 0 aliphatic rings. The molecule has 1 rings (SSSR count).